The fourth-order valence-corrected chi connectivity index (χ4v) is 14.7. The maximum Gasteiger partial charge on any atom is 0.0543 e. The lowest BCUT2D eigenvalue weighted by atomic mass is 9.78. The van der Waals surface area contributed by atoms with Gasteiger partial charge in [0.1, 0.15) is 0 Å². The van der Waals surface area contributed by atoms with Gasteiger partial charge in [-0.05, 0) is 197 Å². The number of fused-ring (bicyclic) bond motifs is 3. The van der Waals surface area contributed by atoms with E-state index in [9.17, 15) is 0 Å². The Morgan fingerprint density at radius 3 is 1.08 bits per heavy atom. The molecule has 0 atom stereocenters. The van der Waals surface area contributed by atoms with Crippen LogP contribution in [0.3, 0.4) is 0 Å². The molecule has 0 aliphatic heterocycles. The van der Waals surface area contributed by atoms with E-state index in [4.69, 9.17) is 0 Å². The molecule has 0 radical (unpaired) electrons. The van der Waals surface area contributed by atoms with E-state index < -0.39 is 0 Å². The zero-order valence-corrected chi connectivity index (χ0v) is 63.5. The molecule has 1 aromatic heterocycles. The maximum atomic E-state index is 2.65. The average Bonchev–Trinajstić information content (AvgIpc) is 1.49. The number of anilines is 3. The molecule has 500 valence electrons. The largest absolute Gasteiger partial charge is 0.309 e. The molecule has 0 aliphatic rings. The second kappa shape index (κ2) is 23.5. The summed E-state index contributed by atoms with van der Waals surface area (Å²) in [6.07, 6.45) is 0. The molecule has 0 N–H and O–H groups in total. The number of para-hydroxylation sites is 1. The zero-order chi connectivity index (χ0) is 70.5. The molecule has 12 aromatic carbocycles. The molecule has 13 rings (SSSR count). The van der Waals surface area contributed by atoms with E-state index in [0.717, 1.165) is 28.2 Å². The number of rotatable bonds is 8. The van der Waals surface area contributed by atoms with Crippen molar-refractivity contribution >= 4 is 71.2 Å². The first kappa shape index (κ1) is 67.8. The highest BCUT2D eigenvalue weighted by Crippen LogP contribution is 2.52. The van der Waals surface area contributed by atoms with Crippen molar-refractivity contribution in [2.75, 3.05) is 4.90 Å². The summed E-state index contributed by atoms with van der Waals surface area (Å²) in [6, 6.07) is 81.7. The highest BCUT2D eigenvalue weighted by Gasteiger charge is 2.31. The van der Waals surface area contributed by atoms with Gasteiger partial charge in [0.25, 0.3) is 0 Å². The Morgan fingerprint density at radius 1 is 0.224 bits per heavy atom. The van der Waals surface area contributed by atoms with Crippen molar-refractivity contribution in [2.24, 2.45) is 0 Å². The highest BCUT2D eigenvalue weighted by atomic mass is 15.1. The van der Waals surface area contributed by atoms with Crippen LogP contribution in [0.2, 0.25) is 0 Å². The van der Waals surface area contributed by atoms with Crippen LogP contribution in [0.15, 0.2) is 206 Å². The zero-order valence-electron chi connectivity index (χ0n) is 63.5. The normalized spacial score (nSPS) is 13.3. The summed E-state index contributed by atoms with van der Waals surface area (Å²) in [7, 11) is 0. The third-order valence-electron chi connectivity index (χ3n) is 21.1. The quantitative estimate of drug-likeness (QED) is 0.138. The van der Waals surface area contributed by atoms with Crippen LogP contribution in [0.25, 0.3) is 104 Å². The molecule has 98 heavy (non-hydrogen) atoms. The van der Waals surface area contributed by atoms with E-state index in [1.807, 2.05) is 0 Å². The SMILES string of the molecule is CC(C)(C)c1cc(-c2cc(C(C)(C)C)cc(C(C)(C)C)c2)cc(-c2ccc(C(C)(C)C)cc2N(c2ccccc2-c2ccc(-c3cc(C(C)(C)C)cc(C(C)(C)C)c3)cc2)c2ccc3ccc4c(-n5c6ccc(C(C)(C)C)cc6c6cc(C(C)(C)C)ccc65)ccc5ccc2c3c54)c1. The topological polar surface area (TPSA) is 8.17 Å². The average molecular weight is 1290 g/mol. The van der Waals surface area contributed by atoms with Gasteiger partial charge in [0.2, 0.25) is 0 Å². The smallest absolute Gasteiger partial charge is 0.0543 e. The van der Waals surface area contributed by atoms with E-state index in [2.05, 4.69) is 382 Å². The lowest BCUT2D eigenvalue weighted by Gasteiger charge is -2.33. The standard InChI is InChI=1S/C96H106N2/c1-89(2,3)67-38-45-84-79(56-67)80-57-68(90(4,5)6)39-46-85(80)97(84)82-43-35-61-34-41-78-83(44-36-62-33-40-77(82)87(61)88(62)78)98(81-28-26-25-27-75(81)60-31-29-59(30-32-60)64-49-71(93(13,14)15)54-72(50-64)94(16,17)18)86-58-69(91(7,8)9)37-42-76(86)66-47-63(48-70(53-66)92(10,11)12)65-51-73(95(19,20)21)55-74(52-65)96(22,23)24/h25-58H,1-24H3. The molecule has 0 spiro atoms. The van der Waals surface area contributed by atoms with Crippen molar-refractivity contribution < 1.29 is 0 Å². The van der Waals surface area contributed by atoms with Gasteiger partial charge < -0.3 is 9.47 Å². The van der Waals surface area contributed by atoms with Crippen molar-refractivity contribution in [3.63, 3.8) is 0 Å². The summed E-state index contributed by atoms with van der Waals surface area (Å²) in [5.41, 5.74) is 26.9. The summed E-state index contributed by atoms with van der Waals surface area (Å²) >= 11 is 0. The van der Waals surface area contributed by atoms with Gasteiger partial charge >= 0.3 is 0 Å². The number of benzene rings is 12. The molecule has 0 fully saturated rings. The molecule has 13 aromatic rings. The Hall–Kier alpha value is -8.72. The van der Waals surface area contributed by atoms with Gasteiger partial charge in [0.15, 0.2) is 0 Å². The minimum Gasteiger partial charge on any atom is -0.309 e. The van der Waals surface area contributed by atoms with E-state index in [1.54, 1.807) is 0 Å². The van der Waals surface area contributed by atoms with Gasteiger partial charge in [-0.15, -0.1) is 0 Å². The van der Waals surface area contributed by atoms with Crippen molar-refractivity contribution in [3.05, 3.63) is 251 Å². The van der Waals surface area contributed by atoms with Crippen LogP contribution in [0.1, 0.15) is 211 Å². The van der Waals surface area contributed by atoms with Crippen LogP contribution >= 0.6 is 0 Å². The van der Waals surface area contributed by atoms with E-state index in [-0.39, 0.29) is 43.3 Å². The molecule has 0 unspecified atom stereocenters. The van der Waals surface area contributed by atoms with Gasteiger partial charge in [-0.2, -0.15) is 0 Å². The minimum atomic E-state index is -0.172. The Morgan fingerprint density at radius 2 is 0.592 bits per heavy atom. The molecule has 1 heterocycles. The number of hydrogen-bond donors (Lipinski definition) is 0. The second-order valence-corrected chi connectivity index (χ2v) is 37.0. The van der Waals surface area contributed by atoms with Crippen LogP contribution in [0.5, 0.6) is 0 Å². The fraction of sp³-hybridized carbons (Fsp3) is 0.333. The van der Waals surface area contributed by atoms with Gasteiger partial charge in [-0.25, -0.2) is 0 Å². The van der Waals surface area contributed by atoms with Crippen LogP contribution in [0.4, 0.5) is 17.1 Å². The lowest BCUT2D eigenvalue weighted by molar-refractivity contribution is 0.568. The molecule has 0 aliphatic carbocycles. The first-order valence-corrected chi connectivity index (χ1v) is 36.0. The predicted molar refractivity (Wildman–Crippen MR) is 431 cm³/mol. The summed E-state index contributed by atoms with van der Waals surface area (Å²) in [5.74, 6) is 0. The van der Waals surface area contributed by atoms with Crippen molar-refractivity contribution in [1.82, 2.24) is 4.57 Å². The van der Waals surface area contributed by atoms with Crippen LogP contribution < -0.4 is 4.90 Å². The number of hydrogen-bond acceptors (Lipinski definition) is 1. The molecule has 0 saturated carbocycles. The summed E-state index contributed by atoms with van der Waals surface area (Å²) < 4.78 is 2.56. The number of aromatic nitrogens is 1. The summed E-state index contributed by atoms with van der Waals surface area (Å²) in [6.45, 7) is 56.2. The Labute approximate surface area is 587 Å². The fourth-order valence-electron chi connectivity index (χ4n) is 14.7. The summed E-state index contributed by atoms with van der Waals surface area (Å²) in [4.78, 5) is 2.65. The molecular weight excluding hydrogens is 1180 g/mol. The Kier molecular flexibility index (Phi) is 16.2. The van der Waals surface area contributed by atoms with Gasteiger partial charge in [-0.1, -0.05) is 318 Å². The molecule has 2 nitrogen and oxygen atoms in total. The third-order valence-corrected chi connectivity index (χ3v) is 21.1. The molecule has 0 saturated heterocycles. The van der Waals surface area contributed by atoms with E-state index >= 15 is 0 Å². The maximum absolute atomic E-state index is 2.65. The van der Waals surface area contributed by atoms with Crippen LogP contribution in [0, 0.1) is 0 Å². The van der Waals surface area contributed by atoms with Crippen molar-refractivity contribution in [1.29, 1.82) is 0 Å². The van der Waals surface area contributed by atoms with E-state index in [0.29, 0.717) is 0 Å². The Balaban J connectivity index is 1.10. The highest BCUT2D eigenvalue weighted by molar-refractivity contribution is 6.28. The lowest BCUT2D eigenvalue weighted by Crippen LogP contribution is -2.17. The monoisotopic (exact) mass is 1290 g/mol. The minimum absolute atomic E-state index is 0.00244. The number of nitrogens with zero attached hydrogens (tertiary/aromatic N) is 2. The third kappa shape index (κ3) is 12.6. The first-order valence-electron chi connectivity index (χ1n) is 36.0. The first-order chi connectivity index (χ1) is 45.6. The molecular formula is C96H106N2. The van der Waals surface area contributed by atoms with Crippen LogP contribution in [-0.4, -0.2) is 4.57 Å². The molecule has 0 bridgehead atoms. The van der Waals surface area contributed by atoms with Crippen LogP contribution in [-0.2, 0) is 43.3 Å². The summed E-state index contributed by atoms with van der Waals surface area (Å²) in [5, 5.41) is 10.0. The molecule has 2 heteroatoms. The molecule has 0 amide bonds. The van der Waals surface area contributed by atoms with Crippen molar-refractivity contribution in [3.8, 4) is 50.2 Å². The second-order valence-electron chi connectivity index (χ2n) is 37.0. The van der Waals surface area contributed by atoms with Gasteiger partial charge in [0, 0.05) is 32.7 Å². The van der Waals surface area contributed by atoms with Gasteiger partial charge in [-0.3, -0.25) is 0 Å². The van der Waals surface area contributed by atoms with E-state index in [1.165, 1.54) is 138 Å². The van der Waals surface area contributed by atoms with Gasteiger partial charge in [0.05, 0.1) is 33.8 Å². The van der Waals surface area contributed by atoms with Crippen molar-refractivity contribution in [2.45, 2.75) is 209 Å². The predicted octanol–water partition coefficient (Wildman–Crippen LogP) is 28.2. The Bertz CT molecular complexity index is 5110.